The average Bonchev–Trinajstić information content (AvgIpc) is 1.07. The van der Waals surface area contributed by atoms with E-state index in [1.54, 1.807) is 122 Å². The Morgan fingerprint density at radius 2 is 0.576 bits per heavy atom. The molecule has 0 aliphatic heterocycles. The van der Waals surface area contributed by atoms with Crippen molar-refractivity contribution in [3.05, 3.63) is 221 Å². The molecule has 0 spiro atoms. The van der Waals surface area contributed by atoms with Gasteiger partial charge in [0.1, 0.15) is 24.2 Å². The normalized spacial score (nSPS) is 12.2. The summed E-state index contributed by atoms with van der Waals surface area (Å²) in [7, 11) is 5.27. The maximum Gasteiger partial charge on any atom is 0.410 e. The van der Waals surface area contributed by atoms with E-state index in [1.165, 1.54) is 71.8 Å². The lowest BCUT2D eigenvalue weighted by Crippen LogP contribution is -2.23. The van der Waals surface area contributed by atoms with Gasteiger partial charge in [-0.15, -0.1) is 0 Å². The molecule has 0 saturated heterocycles. The van der Waals surface area contributed by atoms with Crippen molar-refractivity contribution in [2.75, 3.05) is 50.1 Å². The Morgan fingerprint density at radius 3 is 0.797 bits per heavy atom. The molecular weight excluding hydrogens is 1600 g/mol. The molecule has 624 valence electrons. The first-order chi connectivity index (χ1) is 55.1. The number of hydrogen-bond acceptors (Lipinski definition) is 24. The topological polar surface area (TPSA) is 342 Å². The zero-order valence-corrected chi connectivity index (χ0v) is 64.6. The van der Waals surface area contributed by atoms with E-state index in [4.69, 9.17) is 17.3 Å². The molecule has 12 rings (SSSR count). The van der Waals surface area contributed by atoms with Gasteiger partial charge in [0, 0.05) is 71.8 Å². The number of aromatic nitrogens is 16. The van der Waals surface area contributed by atoms with E-state index in [2.05, 4.69) is 95.2 Å². The lowest BCUT2D eigenvalue weighted by molar-refractivity contribution is -0.166. The van der Waals surface area contributed by atoms with E-state index in [9.17, 15) is 71.9 Å². The average molecular weight is 1670 g/mol. The molecule has 8 heterocycles. The maximum atomic E-state index is 12.8. The summed E-state index contributed by atoms with van der Waals surface area (Å²) in [5.41, 5.74) is 17.2. The van der Waals surface area contributed by atoms with Crippen LogP contribution in [-0.2, 0) is 18.9 Å². The number of alkyl halides is 12. The molecule has 0 saturated carbocycles. The van der Waals surface area contributed by atoms with Crippen molar-refractivity contribution in [2.45, 2.75) is 112 Å². The first-order valence-corrected chi connectivity index (χ1v) is 34.7. The van der Waals surface area contributed by atoms with Crippen molar-refractivity contribution in [1.29, 1.82) is 0 Å². The Bertz CT molecular complexity index is 4980. The van der Waals surface area contributed by atoms with Gasteiger partial charge in [0.25, 0.3) is 0 Å². The summed E-state index contributed by atoms with van der Waals surface area (Å²) in [5.74, 6) is -1.06. The number of ether oxygens (including phenoxy) is 4. The monoisotopic (exact) mass is 1670 g/mol. The lowest BCUT2D eigenvalue weighted by atomic mass is 10.1. The molecule has 0 bridgehead atoms. The molecule has 0 fully saturated rings. The van der Waals surface area contributed by atoms with Gasteiger partial charge >= 0.3 is 48.6 Å². The highest BCUT2D eigenvalue weighted by molar-refractivity contribution is 6.28. The molecule has 5 N–H and O–H groups in total. The Labute approximate surface area is 671 Å². The van der Waals surface area contributed by atoms with Crippen LogP contribution in [0.4, 0.5) is 93.3 Å². The van der Waals surface area contributed by atoms with Gasteiger partial charge in [-0.25, -0.2) is 59.0 Å². The summed E-state index contributed by atoms with van der Waals surface area (Å²) in [6.45, 7) is 11.5. The fourth-order valence-corrected chi connectivity index (χ4v) is 10.2. The van der Waals surface area contributed by atoms with Crippen LogP contribution in [0.15, 0.2) is 171 Å². The predicted octanol–water partition coefficient (Wildman–Crippen LogP) is 18.0. The summed E-state index contributed by atoms with van der Waals surface area (Å²) >= 11 is 5.77. The minimum atomic E-state index is -4.40. The number of nitrogen functional groups attached to an aromatic ring is 1. The molecule has 2 unspecified atom stereocenters. The number of esters is 4. The number of carbonyl (C=O) groups is 4. The third kappa shape index (κ3) is 24.8. The predicted molar refractivity (Wildman–Crippen MR) is 412 cm³/mol. The second-order valence-electron chi connectivity index (χ2n) is 25.2. The number of methoxy groups -OCH3 is 4. The molecule has 4 atom stereocenters. The second-order valence-corrected chi connectivity index (χ2v) is 25.6. The fraction of sp³-hybridized carbons (Fsp3) is 0.273. The van der Waals surface area contributed by atoms with Crippen LogP contribution >= 0.6 is 11.6 Å². The first-order valence-electron chi connectivity index (χ1n) is 34.3. The molecule has 0 aliphatic carbocycles. The molecule has 0 radical (unpaired) electrons. The van der Waals surface area contributed by atoms with Crippen LogP contribution in [0.1, 0.15) is 123 Å². The van der Waals surface area contributed by atoms with E-state index in [1.807, 2.05) is 27.7 Å². The second kappa shape index (κ2) is 39.7. The summed E-state index contributed by atoms with van der Waals surface area (Å²) < 4.78 is 173. The van der Waals surface area contributed by atoms with Crippen molar-refractivity contribution < 1.29 is 90.8 Å². The van der Waals surface area contributed by atoms with E-state index >= 15 is 0 Å². The standard InChI is InChI=1S/3C19H18F3N5O2.C13H11ClN2O2.C6H8F3N3.CH4/c3*1-11-8-23-18(25-15-9-24-27(10-15)12(2)19(20,21)22)26-16(11)13-4-6-14(7-5-13)17(28)29-3;1-8-7-15-13(14)16-11(8)9-3-5-10(6-4-9)12(17)18-2;1-4(6(7,8)9)12-3-5(10)2-11-12;/h3*4-10,12H,1-3H3,(H,23,25,26);3-7H,1-2H3;2-4H,10H2,1H3;1H4/t2*12-;;;;/m10..../s1. The van der Waals surface area contributed by atoms with Crippen LogP contribution in [0, 0.1) is 27.7 Å². The number of nitrogens with one attached hydrogen (secondary N) is 3. The Kier molecular flexibility index (Phi) is 30.9. The highest BCUT2D eigenvalue weighted by Crippen LogP contribution is 2.36. The van der Waals surface area contributed by atoms with Crippen molar-refractivity contribution >= 4 is 76.1 Å². The highest BCUT2D eigenvalue weighted by Gasteiger charge is 2.41. The third-order valence-electron chi connectivity index (χ3n) is 16.9. The number of benzene rings is 4. The molecule has 41 heteroatoms. The molecular formula is C77H77ClF12N20O8. The fourth-order valence-electron chi connectivity index (χ4n) is 10.0. The zero-order valence-electron chi connectivity index (χ0n) is 63.9. The van der Waals surface area contributed by atoms with Gasteiger partial charge in [-0.1, -0.05) is 56.0 Å². The minimum Gasteiger partial charge on any atom is -0.465 e. The van der Waals surface area contributed by atoms with Crippen LogP contribution in [0.5, 0.6) is 0 Å². The van der Waals surface area contributed by atoms with Crippen LogP contribution in [0.2, 0.25) is 5.28 Å². The van der Waals surface area contributed by atoms with Gasteiger partial charge in [0.15, 0.2) is 0 Å². The summed E-state index contributed by atoms with van der Waals surface area (Å²) in [4.78, 5) is 79.9. The molecule has 118 heavy (non-hydrogen) atoms. The largest absolute Gasteiger partial charge is 0.465 e. The Hall–Kier alpha value is -13.4. The van der Waals surface area contributed by atoms with Crippen molar-refractivity contribution in [3.8, 4) is 45.0 Å². The number of halogens is 13. The van der Waals surface area contributed by atoms with Crippen molar-refractivity contribution in [3.63, 3.8) is 0 Å². The van der Waals surface area contributed by atoms with Crippen molar-refractivity contribution in [1.82, 2.24) is 79.0 Å². The maximum absolute atomic E-state index is 12.8. The van der Waals surface area contributed by atoms with Crippen LogP contribution in [0.3, 0.4) is 0 Å². The third-order valence-corrected chi connectivity index (χ3v) is 17.0. The number of carbonyl (C=O) groups excluding carboxylic acids is 4. The van der Waals surface area contributed by atoms with Crippen LogP contribution < -0.4 is 21.7 Å². The number of hydrogen-bond donors (Lipinski definition) is 4. The van der Waals surface area contributed by atoms with E-state index in [0.717, 1.165) is 103 Å². The summed E-state index contributed by atoms with van der Waals surface area (Å²) in [6, 6.07) is 20.2. The van der Waals surface area contributed by atoms with Gasteiger partial charge in [0.2, 0.25) is 23.1 Å². The number of aryl methyl sites for hydroxylation is 4. The van der Waals surface area contributed by atoms with Crippen LogP contribution in [0.25, 0.3) is 45.0 Å². The SMILES string of the molecule is C.CC(n1cc(N)cn1)C(F)(F)F.COC(=O)c1ccc(-c2nc(Cl)ncc2C)cc1.COC(=O)c1ccc(-c2nc(Nc3cnn(C(C)C(F)(F)F)c3)ncc2C)cc1.COC(=O)c1ccc(-c2nc(Nc3cnn([C@@H](C)C(F)(F)F)c3)ncc2C)cc1.COC(=O)c1ccc(-c2nc(Nc3cnn([C@H](C)C(F)(F)F)c3)ncc2C)cc1. The summed E-state index contributed by atoms with van der Waals surface area (Å²) in [5, 5.41) is 23.5. The first kappa shape index (κ1) is 91.7. The number of anilines is 7. The van der Waals surface area contributed by atoms with Crippen molar-refractivity contribution in [2.24, 2.45) is 0 Å². The van der Waals surface area contributed by atoms with Gasteiger partial charge in [-0.3, -0.25) is 18.7 Å². The Morgan fingerprint density at radius 1 is 0.356 bits per heavy atom. The Balaban J connectivity index is 0.000000209. The quantitative estimate of drug-likeness (QED) is 0.0268. The lowest BCUT2D eigenvalue weighted by Gasteiger charge is -2.15. The molecule has 8 aromatic heterocycles. The highest BCUT2D eigenvalue weighted by atomic mass is 35.5. The molecule has 28 nitrogen and oxygen atoms in total. The van der Waals surface area contributed by atoms with Crippen LogP contribution in [-0.4, -0.2) is 156 Å². The molecule has 4 aromatic carbocycles. The zero-order chi connectivity index (χ0) is 86.0. The summed E-state index contributed by atoms with van der Waals surface area (Å²) in [6.07, 6.45) is -1.12. The minimum absolute atomic E-state index is 0. The molecule has 0 aliphatic rings. The number of rotatable bonds is 18. The van der Waals surface area contributed by atoms with E-state index in [0.29, 0.717) is 56.4 Å². The molecule has 12 aromatic rings. The molecule has 0 amide bonds. The number of nitrogens with zero attached hydrogens (tertiary/aromatic N) is 16. The van der Waals surface area contributed by atoms with E-state index < -0.39 is 66.8 Å². The van der Waals surface area contributed by atoms with Gasteiger partial charge in [-0.05, 0) is 138 Å². The number of nitrogens with two attached hydrogens (primary N) is 1. The van der Waals surface area contributed by atoms with E-state index in [-0.39, 0.29) is 42.2 Å². The van der Waals surface area contributed by atoms with Gasteiger partial charge < -0.3 is 40.6 Å². The van der Waals surface area contributed by atoms with Gasteiger partial charge in [-0.2, -0.15) is 73.1 Å². The van der Waals surface area contributed by atoms with Gasteiger partial charge in [0.05, 0.1) is 121 Å². The smallest absolute Gasteiger partial charge is 0.410 e.